The van der Waals surface area contributed by atoms with Crippen molar-refractivity contribution in [3.05, 3.63) is 29.6 Å². The number of nitrogens with zero attached hydrogens (tertiary/aromatic N) is 1. The van der Waals surface area contributed by atoms with E-state index in [0.29, 0.717) is 13.1 Å². The van der Waals surface area contributed by atoms with Gasteiger partial charge in [0.2, 0.25) is 5.91 Å². The molecular weight excluding hydrogens is 289 g/mol. The minimum absolute atomic E-state index is 0.178. The lowest BCUT2D eigenvalue weighted by molar-refractivity contribution is -0.124. The van der Waals surface area contributed by atoms with Gasteiger partial charge in [0.1, 0.15) is 0 Å². The van der Waals surface area contributed by atoms with Crippen LogP contribution in [0.3, 0.4) is 0 Å². The lowest BCUT2D eigenvalue weighted by Gasteiger charge is -2.26. The Labute approximate surface area is 129 Å². The molecule has 0 unspecified atom stereocenters. The van der Waals surface area contributed by atoms with Crippen LogP contribution in [0.2, 0.25) is 0 Å². The fourth-order valence-corrected chi connectivity index (χ4v) is 2.01. The van der Waals surface area contributed by atoms with E-state index >= 15 is 0 Å². The first-order valence-corrected chi connectivity index (χ1v) is 7.01. The molecule has 1 aromatic carbocycles. The highest BCUT2D eigenvalue weighted by atomic mass is 19.1. The summed E-state index contributed by atoms with van der Waals surface area (Å²) in [7, 11) is 2.84. The molecular formula is C15H22FN3O3. The van der Waals surface area contributed by atoms with Crippen LogP contribution in [-0.4, -0.2) is 43.6 Å². The number of imide groups is 1. The molecule has 3 amide bonds. The second-order valence-corrected chi connectivity index (χ2v) is 4.78. The first-order chi connectivity index (χ1) is 10.4. The van der Waals surface area contributed by atoms with Gasteiger partial charge in [-0.3, -0.25) is 15.0 Å². The van der Waals surface area contributed by atoms with Gasteiger partial charge >= 0.3 is 6.03 Å². The van der Waals surface area contributed by atoms with Crippen LogP contribution in [0.1, 0.15) is 19.4 Å². The van der Waals surface area contributed by atoms with Crippen molar-refractivity contribution in [2.75, 3.05) is 20.7 Å². The molecule has 1 atom stereocenters. The highest BCUT2D eigenvalue weighted by Crippen LogP contribution is 2.19. The standard InChI is InChI=1S/C15H22FN3O3/c1-5-19(10(2)14(20)18-15(21)17-3)9-11-6-7-13(22-4)12(16)8-11/h6-8,10H,5,9H2,1-4H3,(H2,17,18,20,21)/t10-/m1/s1. The topological polar surface area (TPSA) is 70.7 Å². The van der Waals surface area contributed by atoms with Crippen molar-refractivity contribution in [1.82, 2.24) is 15.5 Å². The predicted octanol–water partition coefficient (Wildman–Crippen LogP) is 1.50. The summed E-state index contributed by atoms with van der Waals surface area (Å²) in [5, 5.41) is 4.56. The summed E-state index contributed by atoms with van der Waals surface area (Å²) in [5.41, 5.74) is 0.722. The number of ether oxygens (including phenoxy) is 1. The van der Waals surface area contributed by atoms with Crippen LogP contribution in [0.5, 0.6) is 5.75 Å². The van der Waals surface area contributed by atoms with Gasteiger partial charge in [-0.25, -0.2) is 9.18 Å². The molecule has 0 heterocycles. The fraction of sp³-hybridized carbons (Fsp3) is 0.467. The van der Waals surface area contributed by atoms with E-state index in [-0.39, 0.29) is 5.75 Å². The van der Waals surface area contributed by atoms with Crippen molar-refractivity contribution in [3.8, 4) is 5.75 Å². The van der Waals surface area contributed by atoms with Gasteiger partial charge in [-0.05, 0) is 31.2 Å². The van der Waals surface area contributed by atoms with Crippen LogP contribution in [0, 0.1) is 5.82 Å². The molecule has 0 fully saturated rings. The molecule has 2 N–H and O–H groups in total. The molecule has 0 aliphatic rings. The molecule has 22 heavy (non-hydrogen) atoms. The summed E-state index contributed by atoms with van der Waals surface area (Å²) in [4.78, 5) is 25.0. The van der Waals surface area contributed by atoms with Crippen molar-refractivity contribution in [1.29, 1.82) is 0 Å². The molecule has 0 saturated heterocycles. The lowest BCUT2D eigenvalue weighted by Crippen LogP contribution is -2.48. The van der Waals surface area contributed by atoms with Crippen molar-refractivity contribution in [3.63, 3.8) is 0 Å². The zero-order valence-corrected chi connectivity index (χ0v) is 13.3. The van der Waals surface area contributed by atoms with Gasteiger partial charge in [0.15, 0.2) is 11.6 Å². The Morgan fingerprint density at radius 2 is 2.09 bits per heavy atom. The SMILES string of the molecule is CCN(Cc1ccc(OC)c(F)c1)[C@H](C)C(=O)NC(=O)NC. The fourth-order valence-electron chi connectivity index (χ4n) is 2.01. The van der Waals surface area contributed by atoms with E-state index in [1.54, 1.807) is 19.1 Å². The van der Waals surface area contributed by atoms with Crippen LogP contribution >= 0.6 is 0 Å². The van der Waals surface area contributed by atoms with E-state index in [1.165, 1.54) is 20.2 Å². The number of nitrogens with one attached hydrogen (secondary N) is 2. The van der Waals surface area contributed by atoms with Crippen molar-refractivity contribution < 1.29 is 18.7 Å². The summed E-state index contributed by atoms with van der Waals surface area (Å²) in [6.45, 7) is 4.56. The Kier molecular flexibility index (Phi) is 6.78. The van der Waals surface area contributed by atoms with E-state index in [2.05, 4.69) is 10.6 Å². The third-order valence-electron chi connectivity index (χ3n) is 3.40. The number of hydrogen-bond donors (Lipinski definition) is 2. The number of amides is 3. The van der Waals surface area contributed by atoms with Gasteiger partial charge < -0.3 is 10.1 Å². The summed E-state index contributed by atoms with van der Waals surface area (Å²) in [6, 6.07) is 3.60. The van der Waals surface area contributed by atoms with Crippen LogP contribution < -0.4 is 15.4 Å². The Bertz CT molecular complexity index is 537. The number of rotatable bonds is 6. The number of hydrogen-bond acceptors (Lipinski definition) is 4. The highest BCUT2D eigenvalue weighted by Gasteiger charge is 2.22. The molecule has 0 bridgehead atoms. The second kappa shape index (κ2) is 8.33. The monoisotopic (exact) mass is 311 g/mol. The summed E-state index contributed by atoms with van der Waals surface area (Å²) in [5.74, 6) is -0.675. The molecule has 0 radical (unpaired) electrons. The van der Waals surface area contributed by atoms with E-state index in [1.807, 2.05) is 11.8 Å². The molecule has 6 nitrogen and oxygen atoms in total. The molecule has 0 aromatic heterocycles. The minimum Gasteiger partial charge on any atom is -0.494 e. The van der Waals surface area contributed by atoms with Gasteiger partial charge in [-0.2, -0.15) is 0 Å². The molecule has 0 saturated carbocycles. The maximum atomic E-state index is 13.7. The molecule has 1 rings (SSSR count). The number of halogens is 1. The molecule has 7 heteroatoms. The van der Waals surface area contributed by atoms with Gasteiger partial charge in [0, 0.05) is 13.6 Å². The van der Waals surface area contributed by atoms with Crippen molar-refractivity contribution >= 4 is 11.9 Å². The third kappa shape index (κ3) is 4.70. The Balaban J connectivity index is 2.77. The average molecular weight is 311 g/mol. The molecule has 0 aliphatic heterocycles. The largest absolute Gasteiger partial charge is 0.494 e. The zero-order chi connectivity index (χ0) is 16.7. The number of carbonyl (C=O) groups excluding carboxylic acids is 2. The van der Waals surface area contributed by atoms with E-state index < -0.39 is 23.8 Å². The van der Waals surface area contributed by atoms with Gasteiger partial charge in [0.05, 0.1) is 13.2 Å². The summed E-state index contributed by atoms with van der Waals surface area (Å²) < 4.78 is 18.6. The molecule has 1 aromatic rings. The molecule has 122 valence electrons. The van der Waals surface area contributed by atoms with Gasteiger partial charge in [-0.1, -0.05) is 13.0 Å². The van der Waals surface area contributed by atoms with Crippen LogP contribution in [0.15, 0.2) is 18.2 Å². The normalized spacial score (nSPS) is 11.9. The minimum atomic E-state index is -0.552. The number of carbonyl (C=O) groups is 2. The summed E-state index contributed by atoms with van der Waals surface area (Å²) >= 11 is 0. The maximum absolute atomic E-state index is 13.7. The first kappa shape index (κ1) is 17.9. The summed E-state index contributed by atoms with van der Waals surface area (Å²) in [6.07, 6.45) is 0. The number of urea groups is 1. The van der Waals surface area contributed by atoms with E-state index in [0.717, 1.165) is 5.56 Å². The Hall–Kier alpha value is -2.15. The second-order valence-electron chi connectivity index (χ2n) is 4.78. The Morgan fingerprint density at radius 3 is 2.59 bits per heavy atom. The zero-order valence-electron chi connectivity index (χ0n) is 13.3. The number of likely N-dealkylation sites (N-methyl/N-ethyl adjacent to an activating group) is 1. The average Bonchev–Trinajstić information content (AvgIpc) is 2.51. The maximum Gasteiger partial charge on any atom is 0.321 e. The molecule has 0 spiro atoms. The van der Waals surface area contributed by atoms with Crippen LogP contribution in [-0.2, 0) is 11.3 Å². The van der Waals surface area contributed by atoms with Gasteiger partial charge in [0.25, 0.3) is 0 Å². The predicted molar refractivity (Wildman–Crippen MR) is 81.1 cm³/mol. The van der Waals surface area contributed by atoms with E-state index in [9.17, 15) is 14.0 Å². The lowest BCUT2D eigenvalue weighted by atomic mass is 10.1. The number of benzene rings is 1. The Morgan fingerprint density at radius 1 is 1.41 bits per heavy atom. The smallest absolute Gasteiger partial charge is 0.321 e. The van der Waals surface area contributed by atoms with Crippen LogP contribution in [0.25, 0.3) is 0 Å². The van der Waals surface area contributed by atoms with Crippen molar-refractivity contribution in [2.24, 2.45) is 0 Å². The van der Waals surface area contributed by atoms with Crippen molar-refractivity contribution in [2.45, 2.75) is 26.4 Å². The number of methoxy groups -OCH3 is 1. The van der Waals surface area contributed by atoms with Crippen LogP contribution in [0.4, 0.5) is 9.18 Å². The first-order valence-electron chi connectivity index (χ1n) is 7.01. The van der Waals surface area contributed by atoms with E-state index in [4.69, 9.17) is 4.74 Å². The highest BCUT2D eigenvalue weighted by molar-refractivity contribution is 5.96. The third-order valence-corrected chi connectivity index (χ3v) is 3.40. The quantitative estimate of drug-likeness (QED) is 0.835. The van der Waals surface area contributed by atoms with Gasteiger partial charge in [-0.15, -0.1) is 0 Å². The molecule has 0 aliphatic carbocycles.